The maximum absolute atomic E-state index is 11.7. The highest BCUT2D eigenvalue weighted by Gasteiger charge is 2.31. The molecular weight excluding hydrogens is 262 g/mol. The number of amides is 1. The number of halogens is 1. The monoisotopic (exact) mass is 281 g/mol. The summed E-state index contributed by atoms with van der Waals surface area (Å²) in [6, 6.07) is 7.52. The summed E-state index contributed by atoms with van der Waals surface area (Å²) in [6.45, 7) is 0.381. The van der Waals surface area contributed by atoms with E-state index in [1.165, 1.54) is 0 Å². The highest BCUT2D eigenvalue weighted by atomic mass is 35.5. The van der Waals surface area contributed by atoms with E-state index in [-0.39, 0.29) is 5.91 Å². The maximum Gasteiger partial charge on any atom is 0.220 e. The molecule has 0 spiro atoms. The van der Waals surface area contributed by atoms with Gasteiger partial charge in [0.1, 0.15) is 0 Å². The van der Waals surface area contributed by atoms with Crippen LogP contribution in [-0.2, 0) is 11.2 Å². The van der Waals surface area contributed by atoms with Crippen molar-refractivity contribution in [2.75, 3.05) is 6.54 Å². The van der Waals surface area contributed by atoms with Crippen molar-refractivity contribution >= 4 is 17.5 Å². The number of nitrogens with one attached hydrogen (secondary N) is 1. The van der Waals surface area contributed by atoms with Gasteiger partial charge in [-0.15, -0.1) is 0 Å². The lowest BCUT2D eigenvalue weighted by atomic mass is 10.0. The van der Waals surface area contributed by atoms with E-state index < -0.39 is 5.60 Å². The van der Waals surface area contributed by atoms with Crippen LogP contribution in [-0.4, -0.2) is 23.2 Å². The Bertz CT molecular complexity index is 424. The van der Waals surface area contributed by atoms with Crippen molar-refractivity contribution in [3.63, 3.8) is 0 Å². The third-order valence-corrected chi connectivity index (χ3v) is 3.95. The lowest BCUT2D eigenvalue weighted by Crippen LogP contribution is -2.40. The van der Waals surface area contributed by atoms with Crippen LogP contribution in [0.25, 0.3) is 0 Å². The Balaban J connectivity index is 1.71. The number of hydrogen-bond donors (Lipinski definition) is 2. The first-order valence-electron chi connectivity index (χ1n) is 6.81. The van der Waals surface area contributed by atoms with Crippen LogP contribution in [0.2, 0.25) is 5.02 Å². The van der Waals surface area contributed by atoms with E-state index in [1.807, 2.05) is 24.3 Å². The van der Waals surface area contributed by atoms with E-state index in [2.05, 4.69) is 5.32 Å². The van der Waals surface area contributed by atoms with E-state index >= 15 is 0 Å². The summed E-state index contributed by atoms with van der Waals surface area (Å²) in [5, 5.41) is 13.7. The molecule has 0 saturated heterocycles. The molecule has 1 aliphatic carbocycles. The molecule has 1 saturated carbocycles. The average molecular weight is 282 g/mol. The fourth-order valence-corrected chi connectivity index (χ4v) is 2.60. The first kappa shape index (κ1) is 14.4. The zero-order chi connectivity index (χ0) is 13.7. The zero-order valence-corrected chi connectivity index (χ0v) is 11.7. The fraction of sp³-hybridized carbons (Fsp3) is 0.533. The molecule has 0 aromatic heterocycles. The van der Waals surface area contributed by atoms with Gasteiger partial charge in [-0.1, -0.05) is 36.6 Å². The van der Waals surface area contributed by atoms with Crippen LogP contribution in [0.1, 0.15) is 37.7 Å². The summed E-state index contributed by atoms with van der Waals surface area (Å²) in [7, 11) is 0. The van der Waals surface area contributed by atoms with E-state index in [4.69, 9.17) is 11.6 Å². The quantitative estimate of drug-likeness (QED) is 0.872. The van der Waals surface area contributed by atoms with Gasteiger partial charge in [-0.3, -0.25) is 4.79 Å². The van der Waals surface area contributed by atoms with Gasteiger partial charge in [0, 0.05) is 18.0 Å². The molecule has 1 amide bonds. The molecule has 19 heavy (non-hydrogen) atoms. The third-order valence-electron chi connectivity index (χ3n) is 3.70. The van der Waals surface area contributed by atoms with E-state index in [1.54, 1.807) is 0 Å². The molecule has 0 heterocycles. The average Bonchev–Trinajstić information content (AvgIpc) is 2.83. The molecule has 2 rings (SSSR count). The fourth-order valence-electron chi connectivity index (χ4n) is 2.47. The molecule has 0 bridgehead atoms. The van der Waals surface area contributed by atoms with Gasteiger partial charge in [0.25, 0.3) is 0 Å². The molecule has 1 aromatic carbocycles. The molecule has 1 fully saturated rings. The second kappa shape index (κ2) is 6.40. The van der Waals surface area contributed by atoms with Crippen molar-refractivity contribution < 1.29 is 9.90 Å². The predicted octanol–water partition coefficient (Wildman–Crippen LogP) is 2.69. The van der Waals surface area contributed by atoms with E-state index in [0.29, 0.717) is 24.4 Å². The highest BCUT2D eigenvalue weighted by molar-refractivity contribution is 6.30. The summed E-state index contributed by atoms with van der Waals surface area (Å²) in [4.78, 5) is 11.7. The summed E-state index contributed by atoms with van der Waals surface area (Å²) >= 11 is 5.81. The van der Waals surface area contributed by atoms with Crippen molar-refractivity contribution in [2.24, 2.45) is 0 Å². The molecule has 1 aromatic rings. The first-order chi connectivity index (χ1) is 9.07. The van der Waals surface area contributed by atoms with Gasteiger partial charge < -0.3 is 10.4 Å². The standard InChI is InChI=1S/C15H20ClNO2/c16-13-6-3-12(4-7-13)5-8-14(18)17-11-15(19)9-1-2-10-15/h3-4,6-7,19H,1-2,5,8-11H2,(H,17,18). The Morgan fingerprint density at radius 3 is 2.53 bits per heavy atom. The molecule has 0 aliphatic heterocycles. The van der Waals surface area contributed by atoms with Crippen LogP contribution in [0, 0.1) is 0 Å². The lowest BCUT2D eigenvalue weighted by Gasteiger charge is -2.22. The number of aliphatic hydroxyl groups is 1. The highest BCUT2D eigenvalue weighted by Crippen LogP contribution is 2.28. The molecular formula is C15H20ClNO2. The van der Waals surface area contributed by atoms with Gasteiger partial charge in [-0.05, 0) is 37.0 Å². The lowest BCUT2D eigenvalue weighted by molar-refractivity contribution is -0.122. The molecule has 4 heteroatoms. The van der Waals surface area contributed by atoms with Crippen LogP contribution in [0.15, 0.2) is 24.3 Å². The third kappa shape index (κ3) is 4.51. The largest absolute Gasteiger partial charge is 0.388 e. The van der Waals surface area contributed by atoms with Crippen LogP contribution in [0.4, 0.5) is 0 Å². The summed E-state index contributed by atoms with van der Waals surface area (Å²) in [6.07, 6.45) is 4.84. The predicted molar refractivity (Wildman–Crippen MR) is 76.2 cm³/mol. The van der Waals surface area contributed by atoms with Gasteiger partial charge >= 0.3 is 0 Å². The number of aryl methyl sites for hydroxylation is 1. The molecule has 0 radical (unpaired) electrons. The van der Waals surface area contributed by atoms with Crippen molar-refractivity contribution in [1.29, 1.82) is 0 Å². The van der Waals surface area contributed by atoms with Gasteiger partial charge in [-0.25, -0.2) is 0 Å². The number of hydrogen-bond acceptors (Lipinski definition) is 2. The molecule has 0 unspecified atom stereocenters. The molecule has 0 atom stereocenters. The number of carbonyl (C=O) groups excluding carboxylic acids is 1. The second-order valence-electron chi connectivity index (χ2n) is 5.33. The summed E-state index contributed by atoms with van der Waals surface area (Å²) in [5.41, 5.74) is 0.426. The van der Waals surface area contributed by atoms with Crippen molar-refractivity contribution in [3.05, 3.63) is 34.9 Å². The Morgan fingerprint density at radius 2 is 1.89 bits per heavy atom. The molecule has 1 aliphatic rings. The van der Waals surface area contributed by atoms with Crippen molar-refractivity contribution in [2.45, 2.75) is 44.1 Å². The minimum atomic E-state index is -0.671. The molecule has 104 valence electrons. The van der Waals surface area contributed by atoms with Gasteiger partial charge in [-0.2, -0.15) is 0 Å². The Hall–Kier alpha value is -1.06. The number of carbonyl (C=O) groups is 1. The van der Waals surface area contributed by atoms with Crippen LogP contribution < -0.4 is 5.32 Å². The van der Waals surface area contributed by atoms with Crippen LogP contribution in [0.3, 0.4) is 0 Å². The Kier molecular flexibility index (Phi) is 4.83. The minimum absolute atomic E-state index is 0.00438. The van der Waals surface area contributed by atoms with Gasteiger partial charge in [0.05, 0.1) is 5.60 Å². The van der Waals surface area contributed by atoms with E-state index in [0.717, 1.165) is 31.2 Å². The summed E-state index contributed by atoms with van der Waals surface area (Å²) in [5.74, 6) is -0.00438. The van der Waals surface area contributed by atoms with Crippen molar-refractivity contribution in [1.82, 2.24) is 5.32 Å². The topological polar surface area (TPSA) is 49.3 Å². The second-order valence-corrected chi connectivity index (χ2v) is 5.77. The SMILES string of the molecule is O=C(CCc1ccc(Cl)cc1)NCC1(O)CCCC1. The Morgan fingerprint density at radius 1 is 1.26 bits per heavy atom. The summed E-state index contributed by atoms with van der Waals surface area (Å²) < 4.78 is 0. The number of benzene rings is 1. The zero-order valence-electron chi connectivity index (χ0n) is 11.0. The number of rotatable bonds is 5. The van der Waals surface area contributed by atoms with Gasteiger partial charge in [0.2, 0.25) is 5.91 Å². The van der Waals surface area contributed by atoms with Crippen molar-refractivity contribution in [3.8, 4) is 0 Å². The van der Waals surface area contributed by atoms with E-state index in [9.17, 15) is 9.90 Å². The molecule has 2 N–H and O–H groups in total. The van der Waals surface area contributed by atoms with Crippen LogP contribution >= 0.6 is 11.6 Å². The smallest absolute Gasteiger partial charge is 0.220 e. The maximum atomic E-state index is 11.7. The van der Waals surface area contributed by atoms with Gasteiger partial charge in [0.15, 0.2) is 0 Å². The Labute approximate surface area is 119 Å². The van der Waals surface area contributed by atoms with Crippen LogP contribution in [0.5, 0.6) is 0 Å². The molecule has 3 nitrogen and oxygen atoms in total. The normalized spacial score (nSPS) is 17.4. The first-order valence-corrected chi connectivity index (χ1v) is 7.19. The minimum Gasteiger partial charge on any atom is -0.388 e.